The fourth-order valence-electron chi connectivity index (χ4n) is 0.698. The zero-order valence-corrected chi connectivity index (χ0v) is 7.22. The molecule has 0 bridgehead atoms. The molecule has 1 N–H and O–H groups in total. The molecule has 0 saturated carbocycles. The SMILES string of the molecule is C#CCN/C=C/C(C)=C/CC. The van der Waals surface area contributed by atoms with E-state index in [2.05, 4.69) is 31.2 Å². The third-order valence-corrected chi connectivity index (χ3v) is 1.19. The van der Waals surface area contributed by atoms with Crippen molar-refractivity contribution >= 4 is 0 Å². The molecule has 0 unspecified atom stereocenters. The lowest BCUT2D eigenvalue weighted by atomic mass is 10.2. The molecule has 1 nitrogen and oxygen atoms in total. The lowest BCUT2D eigenvalue weighted by Gasteiger charge is -1.92. The molecular weight excluding hydrogens is 134 g/mol. The number of terminal acetylenes is 1. The van der Waals surface area contributed by atoms with Gasteiger partial charge in [-0.2, -0.15) is 0 Å². The Kier molecular flexibility index (Phi) is 6.22. The monoisotopic (exact) mass is 149 g/mol. The second-order valence-corrected chi connectivity index (χ2v) is 2.27. The Bertz CT molecular complexity index is 182. The Morgan fingerprint density at radius 2 is 2.36 bits per heavy atom. The largest absolute Gasteiger partial charge is 0.380 e. The van der Waals surface area contributed by atoms with Gasteiger partial charge in [0.05, 0.1) is 6.54 Å². The molecule has 60 valence electrons. The van der Waals surface area contributed by atoms with Crippen LogP contribution < -0.4 is 5.32 Å². The summed E-state index contributed by atoms with van der Waals surface area (Å²) in [6.07, 6.45) is 12.2. The van der Waals surface area contributed by atoms with E-state index in [4.69, 9.17) is 6.42 Å². The summed E-state index contributed by atoms with van der Waals surface area (Å²) in [7, 11) is 0. The van der Waals surface area contributed by atoms with Crippen LogP contribution >= 0.6 is 0 Å². The summed E-state index contributed by atoms with van der Waals surface area (Å²) in [4.78, 5) is 0. The summed E-state index contributed by atoms with van der Waals surface area (Å²) in [6.45, 7) is 4.78. The Balaban J connectivity index is 3.58. The van der Waals surface area contributed by atoms with E-state index in [1.54, 1.807) is 0 Å². The normalized spacial score (nSPS) is 11.5. The second-order valence-electron chi connectivity index (χ2n) is 2.27. The zero-order chi connectivity index (χ0) is 8.53. The van der Waals surface area contributed by atoms with E-state index in [9.17, 15) is 0 Å². The first-order valence-electron chi connectivity index (χ1n) is 3.81. The Morgan fingerprint density at radius 1 is 1.64 bits per heavy atom. The van der Waals surface area contributed by atoms with Gasteiger partial charge in [-0.05, 0) is 25.6 Å². The molecule has 0 aromatic rings. The van der Waals surface area contributed by atoms with E-state index in [-0.39, 0.29) is 0 Å². The van der Waals surface area contributed by atoms with Crippen LogP contribution in [0.25, 0.3) is 0 Å². The van der Waals surface area contributed by atoms with Gasteiger partial charge in [-0.3, -0.25) is 0 Å². The van der Waals surface area contributed by atoms with Gasteiger partial charge in [0, 0.05) is 0 Å². The minimum Gasteiger partial charge on any atom is -0.380 e. The first-order chi connectivity index (χ1) is 5.31. The molecule has 0 spiro atoms. The van der Waals surface area contributed by atoms with Crippen LogP contribution in [0.4, 0.5) is 0 Å². The molecule has 0 aliphatic heterocycles. The molecule has 0 aromatic heterocycles. The molecule has 0 aliphatic carbocycles. The minimum absolute atomic E-state index is 0.593. The van der Waals surface area contributed by atoms with Crippen LogP contribution in [0.5, 0.6) is 0 Å². The highest BCUT2D eigenvalue weighted by atomic mass is 14.8. The Hall–Kier alpha value is -1.16. The first-order valence-corrected chi connectivity index (χ1v) is 3.81. The van der Waals surface area contributed by atoms with E-state index < -0.39 is 0 Å². The van der Waals surface area contributed by atoms with Crippen molar-refractivity contribution in [3.63, 3.8) is 0 Å². The van der Waals surface area contributed by atoms with Crippen molar-refractivity contribution in [2.45, 2.75) is 20.3 Å². The summed E-state index contributed by atoms with van der Waals surface area (Å²) in [6, 6.07) is 0. The van der Waals surface area contributed by atoms with Gasteiger partial charge in [-0.25, -0.2) is 0 Å². The highest BCUT2D eigenvalue weighted by molar-refractivity contribution is 5.15. The highest BCUT2D eigenvalue weighted by Crippen LogP contribution is 1.94. The summed E-state index contributed by atoms with van der Waals surface area (Å²) < 4.78 is 0. The number of hydrogen-bond donors (Lipinski definition) is 1. The molecule has 0 radical (unpaired) electrons. The maximum atomic E-state index is 5.04. The van der Waals surface area contributed by atoms with Gasteiger partial charge >= 0.3 is 0 Å². The summed E-state index contributed by atoms with van der Waals surface area (Å²) >= 11 is 0. The van der Waals surface area contributed by atoms with Crippen molar-refractivity contribution in [1.29, 1.82) is 0 Å². The number of hydrogen-bond acceptors (Lipinski definition) is 1. The van der Waals surface area contributed by atoms with Crippen LogP contribution in [0.15, 0.2) is 23.9 Å². The van der Waals surface area contributed by atoms with Gasteiger partial charge in [0.15, 0.2) is 0 Å². The third-order valence-electron chi connectivity index (χ3n) is 1.19. The second kappa shape index (κ2) is 6.95. The summed E-state index contributed by atoms with van der Waals surface area (Å²) in [5, 5.41) is 2.97. The van der Waals surface area contributed by atoms with E-state index >= 15 is 0 Å². The van der Waals surface area contributed by atoms with E-state index in [0.29, 0.717) is 6.54 Å². The molecule has 1 heteroatoms. The molecule has 0 amide bonds. The maximum absolute atomic E-state index is 5.04. The van der Waals surface area contributed by atoms with Gasteiger partial charge in [0.25, 0.3) is 0 Å². The lowest BCUT2D eigenvalue weighted by Crippen LogP contribution is -2.03. The molecule has 0 aliphatic rings. The van der Waals surface area contributed by atoms with Crippen molar-refractivity contribution in [1.82, 2.24) is 5.32 Å². The zero-order valence-electron chi connectivity index (χ0n) is 7.22. The molecule has 11 heavy (non-hydrogen) atoms. The molecule has 0 fully saturated rings. The van der Waals surface area contributed by atoms with Gasteiger partial charge in [0.1, 0.15) is 0 Å². The van der Waals surface area contributed by atoms with Crippen molar-refractivity contribution in [2.75, 3.05) is 6.54 Å². The van der Waals surface area contributed by atoms with Crippen molar-refractivity contribution in [3.05, 3.63) is 23.9 Å². The molecule has 0 heterocycles. The minimum atomic E-state index is 0.593. The van der Waals surface area contributed by atoms with Crippen LogP contribution in [-0.4, -0.2) is 6.54 Å². The van der Waals surface area contributed by atoms with Crippen LogP contribution in [0.3, 0.4) is 0 Å². The van der Waals surface area contributed by atoms with Crippen molar-refractivity contribution in [2.24, 2.45) is 0 Å². The van der Waals surface area contributed by atoms with Crippen LogP contribution in [0.2, 0.25) is 0 Å². The van der Waals surface area contributed by atoms with Crippen molar-refractivity contribution in [3.8, 4) is 12.3 Å². The van der Waals surface area contributed by atoms with Crippen LogP contribution in [0.1, 0.15) is 20.3 Å². The average Bonchev–Trinajstić information content (AvgIpc) is 1.99. The fraction of sp³-hybridized carbons (Fsp3) is 0.400. The van der Waals surface area contributed by atoms with Gasteiger partial charge in [-0.1, -0.05) is 24.5 Å². The van der Waals surface area contributed by atoms with E-state index in [1.807, 2.05) is 12.3 Å². The third kappa shape index (κ3) is 6.73. The van der Waals surface area contributed by atoms with Gasteiger partial charge in [0.2, 0.25) is 0 Å². The first kappa shape index (κ1) is 9.84. The summed E-state index contributed by atoms with van der Waals surface area (Å²) in [5.74, 6) is 2.49. The van der Waals surface area contributed by atoms with E-state index in [0.717, 1.165) is 6.42 Å². The van der Waals surface area contributed by atoms with E-state index in [1.165, 1.54) is 5.57 Å². The van der Waals surface area contributed by atoms with Crippen LogP contribution in [0, 0.1) is 12.3 Å². The molecule has 0 atom stereocenters. The van der Waals surface area contributed by atoms with Gasteiger partial charge in [-0.15, -0.1) is 6.42 Å². The standard InChI is InChI=1S/C10H15N/c1-4-6-10(3)7-9-11-8-5-2/h2,6-7,9,11H,4,8H2,1,3H3/b9-7+,10-6+. The maximum Gasteiger partial charge on any atom is 0.0758 e. The van der Waals surface area contributed by atoms with Gasteiger partial charge < -0.3 is 5.32 Å². The predicted molar refractivity (Wildman–Crippen MR) is 50.0 cm³/mol. The molecule has 0 rings (SSSR count). The Morgan fingerprint density at radius 3 is 2.91 bits per heavy atom. The highest BCUT2D eigenvalue weighted by Gasteiger charge is 1.77. The van der Waals surface area contributed by atoms with Crippen molar-refractivity contribution < 1.29 is 0 Å². The predicted octanol–water partition coefficient (Wildman–Crippen LogP) is 2.08. The molecule has 0 saturated heterocycles. The number of allylic oxidation sites excluding steroid dienone is 3. The quantitative estimate of drug-likeness (QED) is 0.366. The lowest BCUT2D eigenvalue weighted by molar-refractivity contribution is 1.01. The van der Waals surface area contributed by atoms with Crippen LogP contribution in [-0.2, 0) is 0 Å². The fourth-order valence-corrected chi connectivity index (χ4v) is 0.698. The number of nitrogens with one attached hydrogen (secondary N) is 1. The molecular formula is C10H15N. The average molecular weight is 149 g/mol. The summed E-state index contributed by atoms with van der Waals surface area (Å²) in [5.41, 5.74) is 1.26. The number of rotatable bonds is 4. The Labute approximate surface area is 69.2 Å². The topological polar surface area (TPSA) is 12.0 Å². The molecule has 0 aromatic carbocycles. The smallest absolute Gasteiger partial charge is 0.0758 e.